The number of nitrogens with zero attached hydrogens (tertiary/aromatic N) is 3. The van der Waals surface area contributed by atoms with E-state index in [1.54, 1.807) is 17.9 Å². The predicted molar refractivity (Wildman–Crippen MR) is 51.0 cm³/mol. The van der Waals surface area contributed by atoms with Gasteiger partial charge >= 0.3 is 0 Å². The van der Waals surface area contributed by atoms with Crippen molar-refractivity contribution in [1.82, 2.24) is 14.8 Å². The van der Waals surface area contributed by atoms with Crippen molar-refractivity contribution in [2.75, 3.05) is 0 Å². The molecule has 0 radical (unpaired) electrons. The van der Waals surface area contributed by atoms with E-state index in [1.807, 2.05) is 0 Å². The summed E-state index contributed by atoms with van der Waals surface area (Å²) in [4.78, 5) is 14.7. The topological polar surface area (TPSA) is 99.8 Å². The molecule has 0 spiro atoms. The van der Waals surface area contributed by atoms with E-state index in [1.165, 1.54) is 6.33 Å². The second-order valence-electron chi connectivity index (χ2n) is 3.54. The highest BCUT2D eigenvalue weighted by Crippen LogP contribution is 2.08. The minimum absolute atomic E-state index is 0.476. The molecule has 0 aromatic carbocycles. The highest BCUT2D eigenvalue weighted by atomic mass is 16.1. The van der Waals surface area contributed by atoms with Crippen LogP contribution in [0.4, 0.5) is 0 Å². The first-order valence-corrected chi connectivity index (χ1v) is 4.43. The van der Waals surface area contributed by atoms with Crippen LogP contribution in [-0.2, 0) is 11.3 Å². The Kier molecular flexibility index (Phi) is 3.19. The van der Waals surface area contributed by atoms with Crippen molar-refractivity contribution in [3.63, 3.8) is 0 Å². The van der Waals surface area contributed by atoms with Gasteiger partial charge in [-0.3, -0.25) is 9.48 Å². The Hall–Kier alpha value is -1.43. The number of carbonyl (C=O) groups excluding carboxylic acids is 1. The molecule has 1 amide bonds. The number of hydrogen-bond donors (Lipinski definition) is 2. The van der Waals surface area contributed by atoms with Crippen LogP contribution in [0.15, 0.2) is 12.7 Å². The first-order chi connectivity index (χ1) is 6.52. The summed E-state index contributed by atoms with van der Waals surface area (Å²) in [5.74, 6) is -0.476. The van der Waals surface area contributed by atoms with E-state index in [-0.39, 0.29) is 0 Å². The number of nitrogens with two attached hydrogens (primary N) is 2. The van der Waals surface area contributed by atoms with Crippen LogP contribution < -0.4 is 11.5 Å². The van der Waals surface area contributed by atoms with Crippen molar-refractivity contribution in [2.24, 2.45) is 11.5 Å². The van der Waals surface area contributed by atoms with Crippen LogP contribution in [0.1, 0.15) is 19.8 Å². The Morgan fingerprint density at radius 1 is 1.64 bits per heavy atom. The number of aromatic nitrogens is 3. The molecule has 1 rings (SSSR count). The number of primary amides is 1. The lowest BCUT2D eigenvalue weighted by Gasteiger charge is -2.19. The van der Waals surface area contributed by atoms with Gasteiger partial charge in [-0.25, -0.2) is 4.98 Å². The smallest absolute Gasteiger partial charge is 0.237 e. The van der Waals surface area contributed by atoms with Crippen molar-refractivity contribution < 1.29 is 4.79 Å². The fourth-order valence-electron chi connectivity index (χ4n) is 1.08. The monoisotopic (exact) mass is 197 g/mol. The van der Waals surface area contributed by atoms with Crippen LogP contribution in [0.3, 0.4) is 0 Å². The number of hydrogen-bond acceptors (Lipinski definition) is 4. The zero-order chi connectivity index (χ0) is 10.6. The van der Waals surface area contributed by atoms with Gasteiger partial charge in [-0.05, 0) is 19.8 Å². The van der Waals surface area contributed by atoms with Crippen molar-refractivity contribution >= 4 is 5.91 Å². The normalized spacial score (nSPS) is 15.0. The van der Waals surface area contributed by atoms with Gasteiger partial charge in [0.25, 0.3) is 0 Å². The van der Waals surface area contributed by atoms with Gasteiger partial charge in [0.05, 0.1) is 5.54 Å². The lowest BCUT2D eigenvalue weighted by molar-refractivity contribution is -0.122. The van der Waals surface area contributed by atoms with Crippen molar-refractivity contribution in [3.05, 3.63) is 12.7 Å². The second kappa shape index (κ2) is 4.19. The third-order valence-corrected chi connectivity index (χ3v) is 2.11. The summed E-state index contributed by atoms with van der Waals surface area (Å²) in [5.41, 5.74) is 9.88. The van der Waals surface area contributed by atoms with Crippen LogP contribution in [0.25, 0.3) is 0 Å². The molecule has 4 N–H and O–H groups in total. The predicted octanol–water partition coefficient (Wildman–Crippen LogP) is -0.739. The lowest BCUT2D eigenvalue weighted by Crippen LogP contribution is -2.49. The summed E-state index contributed by atoms with van der Waals surface area (Å²) < 4.78 is 1.69. The van der Waals surface area contributed by atoms with E-state index < -0.39 is 11.4 Å². The maximum atomic E-state index is 10.9. The molecule has 14 heavy (non-hydrogen) atoms. The molecular weight excluding hydrogens is 182 g/mol. The third kappa shape index (κ3) is 2.81. The highest BCUT2D eigenvalue weighted by Gasteiger charge is 2.24. The molecule has 0 aliphatic rings. The second-order valence-corrected chi connectivity index (χ2v) is 3.54. The molecule has 78 valence electrons. The number of aryl methyl sites for hydroxylation is 1. The maximum Gasteiger partial charge on any atom is 0.237 e. The van der Waals surface area contributed by atoms with E-state index in [9.17, 15) is 4.79 Å². The molecule has 0 bridgehead atoms. The molecule has 0 saturated heterocycles. The lowest BCUT2D eigenvalue weighted by atomic mass is 9.97. The van der Waals surface area contributed by atoms with Crippen molar-refractivity contribution in [1.29, 1.82) is 0 Å². The van der Waals surface area contributed by atoms with Gasteiger partial charge in [0.1, 0.15) is 12.7 Å². The summed E-state index contributed by atoms with van der Waals surface area (Å²) in [6.45, 7) is 2.33. The average Bonchev–Trinajstić information content (AvgIpc) is 2.56. The minimum Gasteiger partial charge on any atom is -0.368 e. The Bertz CT molecular complexity index is 293. The average molecular weight is 197 g/mol. The fraction of sp³-hybridized carbons (Fsp3) is 0.625. The standard InChI is InChI=1S/C8H15N5O/c1-8(10,7(9)14)3-2-4-13-6-11-5-12-13/h5-6H,2-4,10H2,1H3,(H2,9,14). The Labute approximate surface area is 82.3 Å². The molecule has 1 atom stereocenters. The van der Waals surface area contributed by atoms with Gasteiger partial charge in [-0.15, -0.1) is 0 Å². The van der Waals surface area contributed by atoms with Crippen LogP contribution in [0, 0.1) is 0 Å². The summed E-state index contributed by atoms with van der Waals surface area (Å²) in [6, 6.07) is 0. The van der Waals surface area contributed by atoms with E-state index in [0.29, 0.717) is 13.0 Å². The van der Waals surface area contributed by atoms with Gasteiger partial charge in [-0.1, -0.05) is 0 Å². The SMILES string of the molecule is CC(N)(CCCn1cncn1)C(N)=O. The first-order valence-electron chi connectivity index (χ1n) is 4.43. The van der Waals surface area contributed by atoms with Crippen LogP contribution in [-0.4, -0.2) is 26.2 Å². The molecule has 0 saturated carbocycles. The quantitative estimate of drug-likeness (QED) is 0.649. The molecular formula is C8H15N5O. The Balaban J connectivity index is 2.31. The van der Waals surface area contributed by atoms with Gasteiger partial charge in [0.15, 0.2) is 0 Å². The zero-order valence-electron chi connectivity index (χ0n) is 8.18. The molecule has 0 fully saturated rings. The minimum atomic E-state index is -0.930. The van der Waals surface area contributed by atoms with E-state index >= 15 is 0 Å². The van der Waals surface area contributed by atoms with E-state index in [2.05, 4.69) is 10.1 Å². The van der Waals surface area contributed by atoms with Crippen LogP contribution >= 0.6 is 0 Å². The van der Waals surface area contributed by atoms with E-state index in [4.69, 9.17) is 11.5 Å². The summed E-state index contributed by atoms with van der Waals surface area (Å²) in [5, 5.41) is 3.93. The molecule has 0 aliphatic carbocycles. The van der Waals surface area contributed by atoms with Crippen LogP contribution in [0.5, 0.6) is 0 Å². The molecule has 1 aromatic rings. The van der Waals surface area contributed by atoms with Gasteiger partial charge in [0.2, 0.25) is 5.91 Å². The fourth-order valence-corrected chi connectivity index (χ4v) is 1.08. The third-order valence-electron chi connectivity index (χ3n) is 2.11. The summed E-state index contributed by atoms with van der Waals surface area (Å²) in [6.07, 6.45) is 4.38. The van der Waals surface area contributed by atoms with Gasteiger partial charge < -0.3 is 11.5 Å². The zero-order valence-corrected chi connectivity index (χ0v) is 8.18. The summed E-state index contributed by atoms with van der Waals surface area (Å²) in [7, 11) is 0. The molecule has 1 heterocycles. The maximum absolute atomic E-state index is 10.9. The number of rotatable bonds is 5. The Morgan fingerprint density at radius 2 is 2.36 bits per heavy atom. The highest BCUT2D eigenvalue weighted by molar-refractivity contribution is 5.83. The first kappa shape index (κ1) is 10.6. The largest absolute Gasteiger partial charge is 0.368 e. The summed E-state index contributed by atoms with van der Waals surface area (Å²) >= 11 is 0. The molecule has 6 heteroatoms. The molecule has 1 unspecified atom stereocenters. The van der Waals surface area contributed by atoms with Gasteiger partial charge in [-0.2, -0.15) is 5.10 Å². The van der Waals surface area contributed by atoms with Crippen molar-refractivity contribution in [3.8, 4) is 0 Å². The van der Waals surface area contributed by atoms with Gasteiger partial charge in [0, 0.05) is 6.54 Å². The Morgan fingerprint density at radius 3 is 2.86 bits per heavy atom. The molecule has 6 nitrogen and oxygen atoms in total. The molecule has 1 aromatic heterocycles. The molecule has 0 aliphatic heterocycles. The number of carbonyl (C=O) groups is 1. The number of amides is 1. The van der Waals surface area contributed by atoms with E-state index in [0.717, 1.165) is 6.42 Å². The van der Waals surface area contributed by atoms with Crippen molar-refractivity contribution in [2.45, 2.75) is 31.8 Å². The van der Waals surface area contributed by atoms with Crippen LogP contribution in [0.2, 0.25) is 0 Å².